The Labute approximate surface area is 81.0 Å². The molecule has 1 saturated carbocycles. The average Bonchev–Trinajstić information content (AvgIpc) is 2.45. The van der Waals surface area contributed by atoms with Crippen molar-refractivity contribution in [3.8, 4) is 0 Å². The summed E-state index contributed by atoms with van der Waals surface area (Å²) in [5.74, 6) is 0.695. The van der Waals surface area contributed by atoms with E-state index in [2.05, 4.69) is 25.2 Å². The van der Waals surface area contributed by atoms with Crippen LogP contribution in [0.2, 0.25) is 0 Å². The summed E-state index contributed by atoms with van der Waals surface area (Å²) < 4.78 is 0. The summed E-state index contributed by atoms with van der Waals surface area (Å²) in [6.07, 6.45) is 5.33. The number of hydrogen-bond acceptors (Lipinski definition) is 2. The lowest BCUT2D eigenvalue weighted by molar-refractivity contribution is 0.177. The first kappa shape index (κ1) is 10.7. The highest BCUT2D eigenvalue weighted by Gasteiger charge is 2.21. The molecule has 13 heavy (non-hydrogen) atoms. The number of aliphatic hydroxyl groups excluding tert-OH is 1. The molecule has 2 heteroatoms. The summed E-state index contributed by atoms with van der Waals surface area (Å²) in [5, 5.41) is 12.7. The van der Waals surface area contributed by atoms with Crippen molar-refractivity contribution in [2.75, 3.05) is 13.1 Å². The third kappa shape index (κ3) is 4.44. The van der Waals surface area contributed by atoms with E-state index in [9.17, 15) is 5.11 Å². The lowest BCUT2D eigenvalue weighted by atomic mass is 10.1. The third-order valence-electron chi connectivity index (χ3n) is 2.60. The highest BCUT2D eigenvalue weighted by molar-refractivity contribution is 4.94. The Morgan fingerprint density at radius 3 is 2.77 bits per heavy atom. The molecule has 0 heterocycles. The lowest BCUT2D eigenvalue weighted by Crippen LogP contribution is -2.21. The van der Waals surface area contributed by atoms with Crippen molar-refractivity contribution in [1.82, 2.24) is 5.32 Å². The predicted octanol–water partition coefficient (Wildman–Crippen LogP) is 1.70. The maximum Gasteiger partial charge on any atom is 0.0543 e. The summed E-state index contributed by atoms with van der Waals surface area (Å²) in [6, 6.07) is 0. The molecule has 1 fully saturated rings. The average molecular weight is 183 g/mol. The van der Waals surface area contributed by atoms with Crippen molar-refractivity contribution < 1.29 is 5.11 Å². The Kier molecular flexibility index (Phi) is 4.46. The standard InChI is InChI=1S/C11H21NO/c1-9(2)5-6-12-8-10-3-4-11(13)7-10/h5,10-13H,3-4,6-8H2,1-2H3. The molecule has 1 aliphatic carbocycles. The topological polar surface area (TPSA) is 32.3 Å². The number of nitrogens with one attached hydrogen (secondary N) is 1. The third-order valence-corrected chi connectivity index (χ3v) is 2.60. The number of rotatable bonds is 4. The Morgan fingerprint density at radius 1 is 1.46 bits per heavy atom. The van der Waals surface area contributed by atoms with Gasteiger partial charge in [-0.25, -0.2) is 0 Å². The van der Waals surface area contributed by atoms with E-state index in [0.717, 1.165) is 25.9 Å². The van der Waals surface area contributed by atoms with Crippen LogP contribution in [0.4, 0.5) is 0 Å². The highest BCUT2D eigenvalue weighted by atomic mass is 16.3. The van der Waals surface area contributed by atoms with Gasteiger partial charge in [0.05, 0.1) is 6.10 Å². The molecular weight excluding hydrogens is 162 g/mol. The predicted molar refractivity (Wildman–Crippen MR) is 55.6 cm³/mol. The Hall–Kier alpha value is -0.340. The molecule has 2 N–H and O–H groups in total. The molecule has 2 nitrogen and oxygen atoms in total. The molecule has 2 unspecified atom stereocenters. The minimum Gasteiger partial charge on any atom is -0.393 e. The largest absolute Gasteiger partial charge is 0.393 e. The summed E-state index contributed by atoms with van der Waals surface area (Å²) in [4.78, 5) is 0. The zero-order valence-electron chi connectivity index (χ0n) is 8.71. The number of aliphatic hydroxyl groups is 1. The van der Waals surface area contributed by atoms with E-state index in [0.29, 0.717) is 5.92 Å². The number of hydrogen-bond donors (Lipinski definition) is 2. The molecule has 0 bridgehead atoms. The van der Waals surface area contributed by atoms with Gasteiger partial charge in [0, 0.05) is 6.54 Å². The van der Waals surface area contributed by atoms with Crippen molar-refractivity contribution in [2.24, 2.45) is 5.92 Å². The molecule has 1 aliphatic rings. The molecule has 76 valence electrons. The second-order valence-electron chi connectivity index (χ2n) is 4.27. The van der Waals surface area contributed by atoms with Crippen LogP contribution in [0.5, 0.6) is 0 Å². The van der Waals surface area contributed by atoms with Gasteiger partial charge in [-0.2, -0.15) is 0 Å². The van der Waals surface area contributed by atoms with E-state index < -0.39 is 0 Å². The Morgan fingerprint density at radius 2 is 2.23 bits per heavy atom. The summed E-state index contributed by atoms with van der Waals surface area (Å²) in [6.45, 7) is 6.25. The van der Waals surface area contributed by atoms with Gasteiger partial charge in [-0.05, 0) is 45.6 Å². The molecule has 0 radical (unpaired) electrons. The van der Waals surface area contributed by atoms with Crippen molar-refractivity contribution >= 4 is 0 Å². The maximum absolute atomic E-state index is 9.30. The lowest BCUT2D eigenvalue weighted by Gasteiger charge is -2.09. The van der Waals surface area contributed by atoms with Gasteiger partial charge in [-0.1, -0.05) is 11.6 Å². The van der Waals surface area contributed by atoms with Crippen LogP contribution in [-0.4, -0.2) is 24.3 Å². The molecular formula is C11H21NO. The van der Waals surface area contributed by atoms with Crippen molar-refractivity contribution in [3.05, 3.63) is 11.6 Å². The van der Waals surface area contributed by atoms with Crippen LogP contribution in [0, 0.1) is 5.92 Å². The second kappa shape index (κ2) is 5.40. The first-order chi connectivity index (χ1) is 6.18. The van der Waals surface area contributed by atoms with Crippen molar-refractivity contribution in [3.63, 3.8) is 0 Å². The van der Waals surface area contributed by atoms with E-state index in [4.69, 9.17) is 0 Å². The van der Waals surface area contributed by atoms with Crippen LogP contribution < -0.4 is 5.32 Å². The molecule has 0 aromatic heterocycles. The molecule has 0 aromatic rings. The zero-order valence-corrected chi connectivity index (χ0v) is 8.71. The van der Waals surface area contributed by atoms with Crippen LogP contribution in [0.25, 0.3) is 0 Å². The molecule has 0 aliphatic heterocycles. The fourth-order valence-electron chi connectivity index (χ4n) is 1.80. The highest BCUT2D eigenvalue weighted by Crippen LogP contribution is 2.24. The van der Waals surface area contributed by atoms with Gasteiger partial charge < -0.3 is 10.4 Å². The molecule has 0 amide bonds. The molecule has 1 rings (SSSR count). The van der Waals surface area contributed by atoms with E-state index >= 15 is 0 Å². The van der Waals surface area contributed by atoms with Gasteiger partial charge in [-0.15, -0.1) is 0 Å². The number of allylic oxidation sites excluding steroid dienone is 1. The first-order valence-electron chi connectivity index (χ1n) is 5.20. The Bertz CT molecular complexity index is 173. The monoisotopic (exact) mass is 183 g/mol. The fraction of sp³-hybridized carbons (Fsp3) is 0.818. The quantitative estimate of drug-likeness (QED) is 0.513. The molecule has 0 aromatic carbocycles. The van der Waals surface area contributed by atoms with Crippen LogP contribution in [-0.2, 0) is 0 Å². The zero-order chi connectivity index (χ0) is 9.68. The van der Waals surface area contributed by atoms with E-state index in [-0.39, 0.29) is 6.10 Å². The van der Waals surface area contributed by atoms with E-state index in [1.807, 2.05) is 0 Å². The van der Waals surface area contributed by atoms with Crippen molar-refractivity contribution in [2.45, 2.75) is 39.2 Å². The van der Waals surface area contributed by atoms with Crippen LogP contribution in [0.1, 0.15) is 33.1 Å². The summed E-state index contributed by atoms with van der Waals surface area (Å²) >= 11 is 0. The van der Waals surface area contributed by atoms with Gasteiger partial charge in [0.2, 0.25) is 0 Å². The van der Waals surface area contributed by atoms with E-state index in [1.54, 1.807) is 0 Å². The second-order valence-corrected chi connectivity index (χ2v) is 4.27. The normalized spacial score (nSPS) is 27.6. The molecule has 0 spiro atoms. The minimum absolute atomic E-state index is 0.0322. The van der Waals surface area contributed by atoms with Crippen molar-refractivity contribution in [1.29, 1.82) is 0 Å². The molecule has 2 atom stereocenters. The van der Waals surface area contributed by atoms with Gasteiger partial charge in [0.25, 0.3) is 0 Å². The minimum atomic E-state index is -0.0322. The Balaban J connectivity index is 2.03. The smallest absolute Gasteiger partial charge is 0.0543 e. The van der Waals surface area contributed by atoms with Crippen LogP contribution >= 0.6 is 0 Å². The van der Waals surface area contributed by atoms with Gasteiger partial charge in [0.15, 0.2) is 0 Å². The van der Waals surface area contributed by atoms with E-state index in [1.165, 1.54) is 12.0 Å². The van der Waals surface area contributed by atoms with Gasteiger partial charge >= 0.3 is 0 Å². The fourth-order valence-corrected chi connectivity index (χ4v) is 1.80. The SMILES string of the molecule is CC(C)=CCNCC1CCC(O)C1. The first-order valence-corrected chi connectivity index (χ1v) is 5.20. The van der Waals surface area contributed by atoms with Gasteiger partial charge in [0.1, 0.15) is 0 Å². The summed E-state index contributed by atoms with van der Waals surface area (Å²) in [7, 11) is 0. The van der Waals surface area contributed by atoms with Crippen LogP contribution in [0.15, 0.2) is 11.6 Å². The maximum atomic E-state index is 9.30. The van der Waals surface area contributed by atoms with Gasteiger partial charge in [-0.3, -0.25) is 0 Å². The van der Waals surface area contributed by atoms with Crippen LogP contribution in [0.3, 0.4) is 0 Å². The molecule has 0 saturated heterocycles. The summed E-state index contributed by atoms with van der Waals surface area (Å²) in [5.41, 5.74) is 1.36.